The quantitative estimate of drug-likeness (QED) is 0.657. The monoisotopic (exact) mass is 218 g/mol. The Balaban J connectivity index is 1.99. The summed E-state index contributed by atoms with van der Waals surface area (Å²) in [5.41, 5.74) is 0. The van der Waals surface area contributed by atoms with Crippen LogP contribution in [-0.2, 0) is 9.59 Å². The Morgan fingerprint density at radius 3 is 2.50 bits per heavy atom. The molecule has 0 aromatic heterocycles. The summed E-state index contributed by atoms with van der Waals surface area (Å²) in [5, 5.41) is 5.43. The minimum Gasteiger partial charge on any atom is -0.355 e. The normalized spacial score (nSPS) is 15.8. The number of carbonyl (C=O) groups excluding carboxylic acids is 2. The van der Waals surface area contributed by atoms with Crippen LogP contribution >= 0.6 is 11.6 Å². The topological polar surface area (TPSA) is 58.2 Å². The van der Waals surface area contributed by atoms with Gasteiger partial charge in [0.1, 0.15) is 5.88 Å². The summed E-state index contributed by atoms with van der Waals surface area (Å²) < 4.78 is 0. The lowest BCUT2D eigenvalue weighted by Crippen LogP contribution is -2.40. The van der Waals surface area contributed by atoms with Gasteiger partial charge < -0.3 is 10.6 Å². The molecule has 4 nitrogen and oxygen atoms in total. The van der Waals surface area contributed by atoms with Crippen molar-refractivity contribution in [2.24, 2.45) is 0 Å². The zero-order valence-electron chi connectivity index (χ0n) is 8.01. The van der Waals surface area contributed by atoms with Crippen LogP contribution in [0.25, 0.3) is 0 Å². The van der Waals surface area contributed by atoms with E-state index >= 15 is 0 Å². The third kappa shape index (κ3) is 3.96. The molecule has 0 aromatic rings. The molecule has 14 heavy (non-hydrogen) atoms. The molecule has 0 spiro atoms. The number of halogens is 1. The van der Waals surface area contributed by atoms with Gasteiger partial charge in [0, 0.05) is 19.0 Å². The van der Waals surface area contributed by atoms with Crippen LogP contribution in [0.3, 0.4) is 0 Å². The minimum absolute atomic E-state index is 0.00423. The van der Waals surface area contributed by atoms with Gasteiger partial charge in [-0.05, 0) is 19.3 Å². The maximum absolute atomic E-state index is 11.2. The van der Waals surface area contributed by atoms with Crippen molar-refractivity contribution in [2.45, 2.75) is 31.7 Å². The van der Waals surface area contributed by atoms with E-state index in [0.717, 1.165) is 12.8 Å². The maximum Gasteiger partial charge on any atom is 0.234 e. The lowest BCUT2D eigenvalue weighted by Gasteiger charge is -2.26. The van der Waals surface area contributed by atoms with Crippen molar-refractivity contribution in [3.8, 4) is 0 Å². The van der Waals surface area contributed by atoms with E-state index < -0.39 is 0 Å². The fraction of sp³-hybridized carbons (Fsp3) is 0.778. The molecule has 5 heteroatoms. The van der Waals surface area contributed by atoms with Crippen LogP contribution in [0.5, 0.6) is 0 Å². The third-order valence-electron chi connectivity index (χ3n) is 2.27. The summed E-state index contributed by atoms with van der Waals surface area (Å²) in [4.78, 5) is 21.9. The van der Waals surface area contributed by atoms with Gasteiger partial charge in [0.05, 0.1) is 0 Å². The highest BCUT2D eigenvalue weighted by atomic mass is 35.5. The SMILES string of the molecule is O=C(CCl)NCCC(=O)NC1CCC1. The summed E-state index contributed by atoms with van der Waals surface area (Å²) in [6.45, 7) is 0.365. The number of carbonyl (C=O) groups is 2. The molecule has 0 bridgehead atoms. The molecule has 0 radical (unpaired) electrons. The molecular formula is C9H15ClN2O2. The predicted octanol–water partition coefficient (Wildman–Crippen LogP) is 0.400. The molecule has 2 amide bonds. The van der Waals surface area contributed by atoms with Crippen molar-refractivity contribution in [1.82, 2.24) is 10.6 Å². The van der Waals surface area contributed by atoms with Crippen LogP contribution in [0.2, 0.25) is 0 Å². The molecule has 1 rings (SSSR count). The maximum atomic E-state index is 11.2. The highest BCUT2D eigenvalue weighted by Gasteiger charge is 2.18. The van der Waals surface area contributed by atoms with Gasteiger partial charge in [-0.1, -0.05) is 0 Å². The second kappa shape index (κ2) is 5.86. The van der Waals surface area contributed by atoms with Crippen LogP contribution in [0.4, 0.5) is 0 Å². The molecule has 1 aliphatic rings. The predicted molar refractivity (Wildman–Crippen MR) is 54.1 cm³/mol. The Kier molecular flexibility index (Phi) is 4.73. The average molecular weight is 219 g/mol. The molecular weight excluding hydrogens is 204 g/mol. The van der Waals surface area contributed by atoms with E-state index in [1.54, 1.807) is 0 Å². The van der Waals surface area contributed by atoms with E-state index in [4.69, 9.17) is 11.6 Å². The Bertz CT molecular complexity index is 217. The smallest absolute Gasteiger partial charge is 0.234 e. The van der Waals surface area contributed by atoms with E-state index in [-0.39, 0.29) is 17.7 Å². The number of nitrogens with one attached hydrogen (secondary N) is 2. The Morgan fingerprint density at radius 2 is 2.00 bits per heavy atom. The number of hydrogen-bond donors (Lipinski definition) is 2. The lowest BCUT2D eigenvalue weighted by atomic mass is 9.93. The van der Waals surface area contributed by atoms with E-state index in [0.29, 0.717) is 19.0 Å². The zero-order valence-corrected chi connectivity index (χ0v) is 8.77. The van der Waals surface area contributed by atoms with Crippen molar-refractivity contribution >= 4 is 23.4 Å². The molecule has 0 aromatic carbocycles. The molecule has 2 N–H and O–H groups in total. The lowest BCUT2D eigenvalue weighted by molar-refractivity contribution is -0.122. The highest BCUT2D eigenvalue weighted by Crippen LogP contribution is 2.17. The molecule has 0 aliphatic heterocycles. The first-order chi connectivity index (χ1) is 6.72. The highest BCUT2D eigenvalue weighted by molar-refractivity contribution is 6.27. The van der Waals surface area contributed by atoms with Crippen molar-refractivity contribution in [3.63, 3.8) is 0 Å². The first-order valence-electron chi connectivity index (χ1n) is 4.84. The largest absolute Gasteiger partial charge is 0.355 e. The van der Waals surface area contributed by atoms with Gasteiger partial charge in [-0.15, -0.1) is 11.6 Å². The average Bonchev–Trinajstić information content (AvgIpc) is 2.11. The second-order valence-corrected chi connectivity index (χ2v) is 3.70. The van der Waals surface area contributed by atoms with Crippen LogP contribution in [-0.4, -0.2) is 30.3 Å². The number of rotatable bonds is 5. The van der Waals surface area contributed by atoms with Crippen LogP contribution in [0, 0.1) is 0 Å². The van der Waals surface area contributed by atoms with Crippen LogP contribution in [0.15, 0.2) is 0 Å². The van der Waals surface area contributed by atoms with E-state index in [9.17, 15) is 9.59 Å². The van der Waals surface area contributed by atoms with Gasteiger partial charge in [-0.3, -0.25) is 9.59 Å². The van der Waals surface area contributed by atoms with E-state index in [2.05, 4.69) is 10.6 Å². The first kappa shape index (κ1) is 11.3. The van der Waals surface area contributed by atoms with Crippen LogP contribution < -0.4 is 10.6 Å². The molecule has 0 saturated heterocycles. The van der Waals surface area contributed by atoms with Gasteiger partial charge in [0.2, 0.25) is 11.8 Å². The van der Waals surface area contributed by atoms with Crippen molar-refractivity contribution in [3.05, 3.63) is 0 Å². The molecule has 1 fully saturated rings. The Morgan fingerprint density at radius 1 is 1.29 bits per heavy atom. The van der Waals surface area contributed by atoms with E-state index in [1.807, 2.05) is 0 Å². The molecule has 0 atom stereocenters. The summed E-state index contributed by atoms with van der Waals surface area (Å²) in [6.07, 6.45) is 3.70. The van der Waals surface area contributed by atoms with Crippen molar-refractivity contribution in [2.75, 3.05) is 12.4 Å². The molecule has 1 aliphatic carbocycles. The fourth-order valence-corrected chi connectivity index (χ4v) is 1.31. The summed E-state index contributed by atoms with van der Waals surface area (Å²) >= 11 is 5.27. The van der Waals surface area contributed by atoms with Crippen LogP contribution in [0.1, 0.15) is 25.7 Å². The van der Waals surface area contributed by atoms with Gasteiger partial charge in [-0.25, -0.2) is 0 Å². The zero-order chi connectivity index (χ0) is 10.4. The summed E-state index contributed by atoms with van der Waals surface area (Å²) in [6, 6.07) is 0.367. The molecule has 0 heterocycles. The number of alkyl halides is 1. The molecule has 1 saturated carbocycles. The van der Waals surface area contributed by atoms with Gasteiger partial charge in [-0.2, -0.15) is 0 Å². The third-order valence-corrected chi connectivity index (χ3v) is 2.51. The van der Waals surface area contributed by atoms with Crippen molar-refractivity contribution < 1.29 is 9.59 Å². The Labute approximate surface area is 88.4 Å². The number of hydrogen-bond acceptors (Lipinski definition) is 2. The van der Waals surface area contributed by atoms with E-state index in [1.165, 1.54) is 6.42 Å². The Hall–Kier alpha value is -0.770. The van der Waals surface area contributed by atoms with Gasteiger partial charge >= 0.3 is 0 Å². The summed E-state index contributed by atoms with van der Waals surface area (Å²) in [7, 11) is 0. The molecule has 0 unspecified atom stereocenters. The van der Waals surface area contributed by atoms with Crippen molar-refractivity contribution in [1.29, 1.82) is 0 Å². The first-order valence-corrected chi connectivity index (χ1v) is 5.38. The molecule has 80 valence electrons. The minimum atomic E-state index is -0.233. The standard InChI is InChI=1S/C9H15ClN2O2/c10-6-9(14)11-5-4-8(13)12-7-2-1-3-7/h7H,1-6H2,(H,11,14)(H,12,13). The summed E-state index contributed by atoms with van der Waals surface area (Å²) in [5.74, 6) is -0.280. The second-order valence-electron chi connectivity index (χ2n) is 3.43. The van der Waals surface area contributed by atoms with Gasteiger partial charge in [0.15, 0.2) is 0 Å². The fourth-order valence-electron chi connectivity index (χ4n) is 1.22. The van der Waals surface area contributed by atoms with Gasteiger partial charge in [0.25, 0.3) is 0 Å². The number of amides is 2.